The smallest absolute Gasteiger partial charge is 0.144 e. The second-order valence-electron chi connectivity index (χ2n) is 7.79. The number of aryl methyl sites for hydroxylation is 1. The van der Waals surface area contributed by atoms with E-state index in [-0.39, 0.29) is 11.7 Å². The first-order valence-corrected chi connectivity index (χ1v) is 10.7. The second kappa shape index (κ2) is 11.6. The largest absolute Gasteiger partial charge is 0.484 e. The molecule has 2 unspecified atom stereocenters. The molecule has 0 saturated carbocycles. The van der Waals surface area contributed by atoms with Gasteiger partial charge in [0, 0.05) is 6.04 Å². The van der Waals surface area contributed by atoms with Crippen molar-refractivity contribution in [3.8, 4) is 11.8 Å². The van der Waals surface area contributed by atoms with Gasteiger partial charge < -0.3 is 10.5 Å². The summed E-state index contributed by atoms with van der Waals surface area (Å²) in [6.45, 7) is 6.47. The summed E-state index contributed by atoms with van der Waals surface area (Å²) in [6.07, 6.45) is 6.81. The van der Waals surface area contributed by atoms with Crippen molar-refractivity contribution in [3.63, 3.8) is 0 Å². The van der Waals surface area contributed by atoms with Crippen molar-refractivity contribution < 1.29 is 9.13 Å². The maximum absolute atomic E-state index is 13.7. The zero-order valence-electron chi connectivity index (χ0n) is 17.8. The predicted octanol–water partition coefficient (Wildman–Crippen LogP) is 6.31. The van der Waals surface area contributed by atoms with Crippen LogP contribution < -0.4 is 10.5 Å². The van der Waals surface area contributed by atoms with Crippen LogP contribution in [0.25, 0.3) is 0 Å². The molecule has 0 bridgehead atoms. The fourth-order valence-electron chi connectivity index (χ4n) is 3.58. The third-order valence-electron chi connectivity index (χ3n) is 5.54. The molecule has 0 radical (unpaired) electrons. The molecular weight excluding hydrogens is 363 g/mol. The fourth-order valence-corrected chi connectivity index (χ4v) is 3.58. The summed E-state index contributed by atoms with van der Waals surface area (Å²) in [6, 6.07) is 15.0. The Bertz CT molecular complexity index is 815. The van der Waals surface area contributed by atoms with Gasteiger partial charge in [0.2, 0.25) is 0 Å². The Morgan fingerprint density at radius 2 is 1.97 bits per heavy atom. The molecule has 29 heavy (non-hydrogen) atoms. The lowest BCUT2D eigenvalue weighted by Crippen LogP contribution is -2.23. The summed E-state index contributed by atoms with van der Waals surface area (Å²) in [5.74, 6) is 0.118. The maximum atomic E-state index is 13.7. The molecule has 0 aliphatic heterocycles. The van der Waals surface area contributed by atoms with Crippen LogP contribution in [-0.4, -0.2) is 6.04 Å². The SMILES string of the molecule is CC1CCc2ccccc2[C@@H]1Oc1cccc(F)c1C#N.CCCCC(N)CC. The Kier molecular flexibility index (Phi) is 9.15. The Hall–Kier alpha value is -2.38. The summed E-state index contributed by atoms with van der Waals surface area (Å²) in [7, 11) is 0. The minimum absolute atomic E-state index is 0.0206. The van der Waals surface area contributed by atoms with E-state index in [1.54, 1.807) is 12.1 Å². The number of nitrogens with two attached hydrogens (primary N) is 1. The first kappa shape index (κ1) is 22.9. The van der Waals surface area contributed by atoms with E-state index in [9.17, 15) is 4.39 Å². The van der Waals surface area contributed by atoms with Gasteiger partial charge in [-0.15, -0.1) is 0 Å². The van der Waals surface area contributed by atoms with E-state index in [4.69, 9.17) is 15.7 Å². The number of unbranched alkanes of at least 4 members (excludes halogenated alkanes) is 1. The number of nitriles is 1. The molecule has 4 heteroatoms. The third kappa shape index (κ3) is 6.30. The number of fused-ring (bicyclic) bond motifs is 1. The van der Waals surface area contributed by atoms with Crippen LogP contribution in [0.1, 0.15) is 75.7 Å². The quantitative estimate of drug-likeness (QED) is 0.622. The second-order valence-corrected chi connectivity index (χ2v) is 7.79. The summed E-state index contributed by atoms with van der Waals surface area (Å²) < 4.78 is 19.7. The lowest BCUT2D eigenvalue weighted by molar-refractivity contribution is 0.128. The Morgan fingerprint density at radius 3 is 2.66 bits per heavy atom. The number of hydrogen-bond donors (Lipinski definition) is 1. The minimum Gasteiger partial charge on any atom is -0.484 e. The highest BCUT2D eigenvalue weighted by Gasteiger charge is 2.28. The average molecular weight is 397 g/mol. The molecule has 2 aromatic carbocycles. The lowest BCUT2D eigenvalue weighted by Gasteiger charge is -2.32. The molecule has 1 aliphatic rings. The van der Waals surface area contributed by atoms with Gasteiger partial charge in [-0.2, -0.15) is 5.26 Å². The van der Waals surface area contributed by atoms with Gasteiger partial charge in [-0.05, 0) is 54.9 Å². The maximum Gasteiger partial charge on any atom is 0.144 e. The summed E-state index contributed by atoms with van der Waals surface area (Å²) in [4.78, 5) is 0. The molecule has 3 atom stereocenters. The van der Waals surface area contributed by atoms with Crippen molar-refractivity contribution in [2.75, 3.05) is 0 Å². The number of nitrogens with zero attached hydrogens (tertiary/aromatic N) is 1. The molecule has 3 rings (SSSR count). The number of rotatable bonds is 6. The van der Waals surface area contributed by atoms with E-state index in [1.165, 1.54) is 30.9 Å². The van der Waals surface area contributed by atoms with E-state index in [0.717, 1.165) is 24.8 Å². The van der Waals surface area contributed by atoms with Crippen molar-refractivity contribution in [1.82, 2.24) is 0 Å². The number of halogens is 1. The van der Waals surface area contributed by atoms with Crippen LogP contribution in [0, 0.1) is 23.1 Å². The molecule has 0 amide bonds. The van der Waals surface area contributed by atoms with E-state index in [1.807, 2.05) is 18.2 Å². The first-order chi connectivity index (χ1) is 14.0. The average Bonchev–Trinajstić information content (AvgIpc) is 2.74. The van der Waals surface area contributed by atoms with E-state index in [0.29, 0.717) is 17.7 Å². The van der Waals surface area contributed by atoms with Gasteiger partial charge in [0.15, 0.2) is 0 Å². The van der Waals surface area contributed by atoms with Gasteiger partial charge in [-0.3, -0.25) is 0 Å². The van der Waals surface area contributed by atoms with Crippen LogP contribution in [0.15, 0.2) is 42.5 Å². The van der Waals surface area contributed by atoms with Crippen molar-refractivity contribution in [2.24, 2.45) is 11.7 Å². The number of hydrogen-bond acceptors (Lipinski definition) is 3. The first-order valence-electron chi connectivity index (χ1n) is 10.7. The molecule has 156 valence electrons. The van der Waals surface area contributed by atoms with Crippen LogP contribution in [0.2, 0.25) is 0 Å². The predicted molar refractivity (Wildman–Crippen MR) is 116 cm³/mol. The topological polar surface area (TPSA) is 59.0 Å². The van der Waals surface area contributed by atoms with Crippen LogP contribution in [0.4, 0.5) is 4.39 Å². The van der Waals surface area contributed by atoms with E-state index in [2.05, 4.69) is 32.9 Å². The molecule has 1 aliphatic carbocycles. The molecule has 0 spiro atoms. The Balaban J connectivity index is 0.000000321. The van der Waals surface area contributed by atoms with Crippen molar-refractivity contribution in [1.29, 1.82) is 5.26 Å². The van der Waals surface area contributed by atoms with Crippen LogP contribution in [0.5, 0.6) is 5.75 Å². The highest BCUT2D eigenvalue weighted by Crippen LogP contribution is 2.38. The van der Waals surface area contributed by atoms with Gasteiger partial charge in [0.05, 0.1) is 0 Å². The van der Waals surface area contributed by atoms with E-state index >= 15 is 0 Å². The highest BCUT2D eigenvalue weighted by atomic mass is 19.1. The van der Waals surface area contributed by atoms with Gasteiger partial charge >= 0.3 is 0 Å². The number of ether oxygens (including phenoxy) is 1. The van der Waals surface area contributed by atoms with Crippen LogP contribution >= 0.6 is 0 Å². The van der Waals surface area contributed by atoms with Gasteiger partial charge in [0.25, 0.3) is 0 Å². The molecule has 0 aromatic heterocycles. The Labute approximate surface area is 174 Å². The van der Waals surface area contributed by atoms with Gasteiger partial charge in [0.1, 0.15) is 29.3 Å². The summed E-state index contributed by atoms with van der Waals surface area (Å²) >= 11 is 0. The molecule has 0 fully saturated rings. The highest BCUT2D eigenvalue weighted by molar-refractivity contribution is 5.44. The molecule has 2 N–H and O–H groups in total. The summed E-state index contributed by atoms with van der Waals surface area (Å²) in [5.41, 5.74) is 8.06. The molecule has 0 saturated heterocycles. The van der Waals surface area contributed by atoms with Gasteiger partial charge in [-0.25, -0.2) is 4.39 Å². The Morgan fingerprint density at radius 1 is 1.21 bits per heavy atom. The monoisotopic (exact) mass is 396 g/mol. The van der Waals surface area contributed by atoms with Crippen molar-refractivity contribution in [3.05, 3.63) is 65.0 Å². The fraction of sp³-hybridized carbons (Fsp3) is 0.480. The lowest BCUT2D eigenvalue weighted by atomic mass is 9.82. The summed E-state index contributed by atoms with van der Waals surface area (Å²) in [5, 5.41) is 9.12. The standard InChI is InChI=1S/C18H16FNO.C7H17N/c1-12-9-10-13-5-2-3-6-14(13)18(12)21-17-8-4-7-16(19)15(17)11-20;1-3-5-6-7(8)4-2/h2-8,12,18H,9-10H2,1H3;7H,3-6,8H2,1-2H3/t12?,18-;/m1./s1. The molecule has 0 heterocycles. The third-order valence-corrected chi connectivity index (χ3v) is 5.54. The van der Waals surface area contributed by atoms with Crippen LogP contribution in [0.3, 0.4) is 0 Å². The van der Waals surface area contributed by atoms with Gasteiger partial charge in [-0.1, -0.05) is 63.9 Å². The molecule has 2 aromatic rings. The van der Waals surface area contributed by atoms with Crippen LogP contribution in [-0.2, 0) is 6.42 Å². The molecular formula is C25H33FN2O. The normalized spacial score (nSPS) is 18.6. The van der Waals surface area contributed by atoms with E-state index < -0.39 is 5.82 Å². The zero-order valence-corrected chi connectivity index (χ0v) is 17.8. The van der Waals surface area contributed by atoms with Crippen molar-refractivity contribution >= 4 is 0 Å². The minimum atomic E-state index is -0.535. The number of benzene rings is 2. The zero-order chi connectivity index (χ0) is 21.2. The molecule has 3 nitrogen and oxygen atoms in total. The van der Waals surface area contributed by atoms with Crippen molar-refractivity contribution in [2.45, 2.75) is 71.4 Å².